The molecule has 8 heteroatoms. The van der Waals surface area contributed by atoms with Crippen LogP contribution in [0.3, 0.4) is 0 Å². The van der Waals surface area contributed by atoms with E-state index in [9.17, 15) is 0 Å². The Bertz CT molecular complexity index is 927. The summed E-state index contributed by atoms with van der Waals surface area (Å²) >= 11 is 15.4. The van der Waals surface area contributed by atoms with Crippen LogP contribution in [-0.2, 0) is 0 Å². The van der Waals surface area contributed by atoms with Gasteiger partial charge in [0.05, 0.1) is 10.0 Å². The second-order valence-electron chi connectivity index (χ2n) is 4.24. The van der Waals surface area contributed by atoms with E-state index in [1.54, 1.807) is 21.9 Å². The van der Waals surface area contributed by atoms with Crippen molar-refractivity contribution in [3.05, 3.63) is 45.1 Å². The van der Waals surface area contributed by atoms with Gasteiger partial charge >= 0.3 is 0 Å². The summed E-state index contributed by atoms with van der Waals surface area (Å²) in [6.07, 6.45) is 0. The molecule has 4 aromatic rings. The van der Waals surface area contributed by atoms with Gasteiger partial charge in [-0.05, 0) is 23.6 Å². The third kappa shape index (κ3) is 2.15. The Morgan fingerprint density at radius 3 is 2.81 bits per heavy atom. The molecule has 0 aliphatic carbocycles. The Balaban J connectivity index is 1.92. The Morgan fingerprint density at radius 2 is 2.00 bits per heavy atom. The third-order valence-corrected chi connectivity index (χ3v) is 5.40. The summed E-state index contributed by atoms with van der Waals surface area (Å²) in [5.41, 5.74) is 1.80. The van der Waals surface area contributed by atoms with Crippen LogP contribution in [0.4, 0.5) is 0 Å². The summed E-state index contributed by atoms with van der Waals surface area (Å²) in [6.45, 7) is 0. The fourth-order valence-electron chi connectivity index (χ4n) is 1.96. The van der Waals surface area contributed by atoms with Crippen LogP contribution < -0.4 is 0 Å². The summed E-state index contributed by atoms with van der Waals surface area (Å²) in [5.74, 6) is 0.593. The molecule has 4 rings (SSSR count). The van der Waals surface area contributed by atoms with E-state index in [1.807, 2.05) is 23.6 Å². The number of benzene rings is 1. The Hall–Kier alpha value is -1.47. The summed E-state index contributed by atoms with van der Waals surface area (Å²) in [4.78, 5) is 0.724. The van der Waals surface area contributed by atoms with Crippen LogP contribution in [0.5, 0.6) is 0 Å². The van der Waals surface area contributed by atoms with Crippen molar-refractivity contribution in [3.8, 4) is 22.0 Å². The second-order valence-corrected chi connectivity index (χ2v) is 6.76. The van der Waals surface area contributed by atoms with Crippen molar-refractivity contribution in [1.82, 2.24) is 19.8 Å². The molecular formula is C13H6Cl2N4S2. The number of fused-ring (bicyclic) bond motifs is 1. The standard InChI is InChI=1S/C13H6Cl2N4S2/c14-9-3-1-2-8(10(9)15)11-16-17-13-19(11)18-12(21-13)7-4-5-20-6-7/h1-6H. The van der Waals surface area contributed by atoms with Crippen LogP contribution in [0.2, 0.25) is 10.0 Å². The van der Waals surface area contributed by atoms with Gasteiger partial charge < -0.3 is 0 Å². The third-order valence-electron chi connectivity index (χ3n) is 2.95. The SMILES string of the molecule is Clc1cccc(-c2nnc3sc(-c4ccsc4)nn23)c1Cl. The van der Waals surface area contributed by atoms with Gasteiger partial charge in [-0.1, -0.05) is 40.6 Å². The van der Waals surface area contributed by atoms with E-state index < -0.39 is 0 Å². The quantitative estimate of drug-likeness (QED) is 0.515. The maximum absolute atomic E-state index is 6.26. The van der Waals surface area contributed by atoms with E-state index in [-0.39, 0.29) is 0 Å². The van der Waals surface area contributed by atoms with Crippen molar-refractivity contribution >= 4 is 50.8 Å². The lowest BCUT2D eigenvalue weighted by atomic mass is 10.2. The number of rotatable bonds is 2. The molecule has 0 spiro atoms. The van der Waals surface area contributed by atoms with Crippen LogP contribution in [0.25, 0.3) is 26.9 Å². The number of nitrogens with zero attached hydrogens (tertiary/aromatic N) is 4. The second kappa shape index (κ2) is 5.06. The van der Waals surface area contributed by atoms with E-state index in [4.69, 9.17) is 23.2 Å². The van der Waals surface area contributed by atoms with Gasteiger partial charge in [0.2, 0.25) is 4.96 Å². The number of halogens is 2. The minimum absolute atomic E-state index is 0.457. The topological polar surface area (TPSA) is 43.1 Å². The monoisotopic (exact) mass is 352 g/mol. The lowest BCUT2D eigenvalue weighted by Gasteiger charge is -2.01. The highest BCUT2D eigenvalue weighted by Crippen LogP contribution is 2.34. The van der Waals surface area contributed by atoms with Crippen LogP contribution in [0.1, 0.15) is 0 Å². The number of hydrogen-bond donors (Lipinski definition) is 0. The molecule has 0 radical (unpaired) electrons. The largest absolute Gasteiger partial charge is 0.235 e. The van der Waals surface area contributed by atoms with Gasteiger partial charge in [0.15, 0.2) is 5.82 Å². The Kier molecular flexibility index (Phi) is 3.19. The van der Waals surface area contributed by atoms with E-state index >= 15 is 0 Å². The van der Waals surface area contributed by atoms with Crippen LogP contribution >= 0.6 is 45.9 Å². The van der Waals surface area contributed by atoms with Gasteiger partial charge in [0.1, 0.15) is 5.01 Å². The van der Waals surface area contributed by atoms with Gasteiger partial charge in [-0.3, -0.25) is 0 Å². The molecule has 104 valence electrons. The highest BCUT2D eigenvalue weighted by Gasteiger charge is 2.17. The van der Waals surface area contributed by atoms with E-state index in [0.29, 0.717) is 15.9 Å². The molecule has 21 heavy (non-hydrogen) atoms. The minimum atomic E-state index is 0.457. The van der Waals surface area contributed by atoms with E-state index in [0.717, 1.165) is 21.1 Å². The summed E-state index contributed by atoms with van der Waals surface area (Å²) in [6, 6.07) is 7.46. The molecule has 0 amide bonds. The predicted molar refractivity (Wildman–Crippen MR) is 87.4 cm³/mol. The number of thiophene rings is 1. The number of hydrogen-bond acceptors (Lipinski definition) is 5. The van der Waals surface area contributed by atoms with Crippen molar-refractivity contribution < 1.29 is 0 Å². The van der Waals surface area contributed by atoms with Crippen molar-refractivity contribution in [1.29, 1.82) is 0 Å². The lowest BCUT2D eigenvalue weighted by molar-refractivity contribution is 0.971. The first-order chi connectivity index (χ1) is 10.2. The van der Waals surface area contributed by atoms with E-state index in [1.165, 1.54) is 11.3 Å². The van der Waals surface area contributed by atoms with Gasteiger partial charge in [0.25, 0.3) is 0 Å². The first-order valence-electron chi connectivity index (χ1n) is 5.93. The van der Waals surface area contributed by atoms with Crippen molar-refractivity contribution in [2.45, 2.75) is 0 Å². The molecule has 0 aliphatic rings. The molecule has 3 heterocycles. The molecule has 0 fully saturated rings. The van der Waals surface area contributed by atoms with Crippen molar-refractivity contribution in [2.75, 3.05) is 0 Å². The van der Waals surface area contributed by atoms with Crippen molar-refractivity contribution in [3.63, 3.8) is 0 Å². The molecule has 0 aliphatic heterocycles. The van der Waals surface area contributed by atoms with Gasteiger partial charge in [-0.25, -0.2) is 0 Å². The molecule has 0 saturated carbocycles. The van der Waals surface area contributed by atoms with Crippen LogP contribution in [0.15, 0.2) is 35.0 Å². The summed E-state index contributed by atoms with van der Waals surface area (Å²) in [5, 5.41) is 18.8. The van der Waals surface area contributed by atoms with E-state index in [2.05, 4.69) is 20.7 Å². The smallest absolute Gasteiger partial charge is 0.182 e. The van der Waals surface area contributed by atoms with Crippen molar-refractivity contribution in [2.24, 2.45) is 0 Å². The fourth-order valence-corrected chi connectivity index (χ4v) is 3.90. The predicted octanol–water partition coefficient (Wildman–Crippen LogP) is 4.89. The average molecular weight is 353 g/mol. The molecule has 1 aromatic carbocycles. The molecule has 0 N–H and O–H groups in total. The van der Waals surface area contributed by atoms with Crippen LogP contribution in [-0.4, -0.2) is 19.8 Å². The Labute approximate surface area is 137 Å². The van der Waals surface area contributed by atoms with Gasteiger partial charge in [-0.2, -0.15) is 21.0 Å². The zero-order chi connectivity index (χ0) is 14.4. The first-order valence-corrected chi connectivity index (χ1v) is 8.45. The minimum Gasteiger partial charge on any atom is -0.182 e. The molecular weight excluding hydrogens is 347 g/mol. The van der Waals surface area contributed by atoms with Crippen LogP contribution in [0, 0.1) is 0 Å². The molecule has 4 nitrogen and oxygen atoms in total. The van der Waals surface area contributed by atoms with Gasteiger partial charge in [-0.15, -0.1) is 10.2 Å². The Morgan fingerprint density at radius 1 is 1.10 bits per heavy atom. The fraction of sp³-hybridized carbons (Fsp3) is 0. The summed E-state index contributed by atoms with van der Waals surface area (Å²) in [7, 11) is 0. The molecule has 3 aromatic heterocycles. The zero-order valence-electron chi connectivity index (χ0n) is 10.3. The maximum atomic E-state index is 6.26. The highest BCUT2D eigenvalue weighted by molar-refractivity contribution is 7.20. The molecule has 0 atom stereocenters. The maximum Gasteiger partial charge on any atom is 0.235 e. The number of aromatic nitrogens is 4. The molecule has 0 unspecified atom stereocenters. The van der Waals surface area contributed by atoms with Gasteiger partial charge in [0, 0.05) is 16.5 Å². The lowest BCUT2D eigenvalue weighted by Crippen LogP contribution is -1.91. The zero-order valence-corrected chi connectivity index (χ0v) is 13.5. The highest BCUT2D eigenvalue weighted by atomic mass is 35.5. The molecule has 0 bridgehead atoms. The molecule has 0 saturated heterocycles. The first kappa shape index (κ1) is 13.2. The average Bonchev–Trinajstić information content (AvgIpc) is 3.16. The summed E-state index contributed by atoms with van der Waals surface area (Å²) < 4.78 is 1.70. The normalized spacial score (nSPS) is 11.3.